The predicted octanol–water partition coefficient (Wildman–Crippen LogP) is 6.62. The first-order valence-electron chi connectivity index (χ1n) is 16.2. The van der Waals surface area contributed by atoms with E-state index in [-0.39, 0.29) is 24.6 Å². The molecule has 8 heteroatoms. The number of benzene rings is 3. The number of para-hydroxylation sites is 1. The Morgan fingerprint density at radius 3 is 2.32 bits per heavy atom. The number of phenols is 1. The van der Waals surface area contributed by atoms with Gasteiger partial charge in [0.25, 0.3) is 0 Å². The fourth-order valence-corrected chi connectivity index (χ4v) is 5.77. The average Bonchev–Trinajstić information content (AvgIpc) is 3.05. The zero-order chi connectivity index (χ0) is 31.0. The number of unbranched alkanes of at least 4 members (excludes halogenated alkanes) is 6. The van der Waals surface area contributed by atoms with Crippen molar-refractivity contribution in [1.29, 1.82) is 0 Å². The van der Waals surface area contributed by atoms with Crippen LogP contribution in [0.15, 0.2) is 72.8 Å². The van der Waals surface area contributed by atoms with E-state index in [9.17, 15) is 20.1 Å². The number of hydrogen-bond donors (Lipinski definition) is 5. The van der Waals surface area contributed by atoms with Crippen molar-refractivity contribution in [3.8, 4) is 16.9 Å². The second-order valence-electron chi connectivity index (χ2n) is 11.7. The lowest BCUT2D eigenvalue weighted by Crippen LogP contribution is -2.38. The molecule has 0 aromatic heterocycles. The van der Waals surface area contributed by atoms with Crippen LogP contribution in [0.2, 0.25) is 0 Å². The molecule has 44 heavy (non-hydrogen) atoms. The van der Waals surface area contributed by atoms with E-state index in [2.05, 4.69) is 15.5 Å². The van der Waals surface area contributed by atoms with Crippen molar-refractivity contribution in [3.63, 3.8) is 0 Å². The van der Waals surface area contributed by atoms with E-state index in [0.29, 0.717) is 17.7 Å². The van der Waals surface area contributed by atoms with Crippen LogP contribution in [-0.4, -0.2) is 65.1 Å². The number of carbonyl (C=O) groups excluding carboxylic acids is 1. The number of anilines is 1. The van der Waals surface area contributed by atoms with Crippen molar-refractivity contribution in [2.75, 3.05) is 38.0 Å². The van der Waals surface area contributed by atoms with E-state index in [0.717, 1.165) is 62.3 Å². The quantitative estimate of drug-likeness (QED) is 0.110. The monoisotopic (exact) mass is 603 g/mol. The number of rotatable bonds is 17. The molecule has 1 fully saturated rings. The molecule has 0 radical (unpaired) electrons. The van der Waals surface area contributed by atoms with E-state index in [1.807, 2.05) is 54.6 Å². The molecular formula is C36H49N3O5. The lowest BCUT2D eigenvalue weighted by atomic mass is 10.0. The van der Waals surface area contributed by atoms with Gasteiger partial charge in [-0.1, -0.05) is 86.7 Å². The Labute approximate surface area is 262 Å². The standard InChI is InChI=1S/C36H49N3O5/c40-27-30-25-29(17-18-34(30)41)35(42)26-37-21-11-4-2-1-3-5-12-22-39-23-19-31(20-24-39)44-36(43)38-33-16-10-9-15-32(33)28-13-7-6-8-14-28/h6-10,13-18,25,31,35,37,40-42H,1-5,11-12,19-24,26-27H2,(H,38,43)/t35-/m1/s1. The van der Waals surface area contributed by atoms with Gasteiger partial charge in [0.15, 0.2) is 0 Å². The molecule has 1 heterocycles. The Hall–Kier alpha value is -3.43. The number of piperidine rings is 1. The number of nitrogens with one attached hydrogen (secondary N) is 2. The van der Waals surface area contributed by atoms with Crippen LogP contribution >= 0.6 is 0 Å². The third-order valence-electron chi connectivity index (χ3n) is 8.38. The molecule has 0 bridgehead atoms. The molecule has 3 aromatic carbocycles. The van der Waals surface area contributed by atoms with Crippen LogP contribution in [-0.2, 0) is 11.3 Å². The van der Waals surface area contributed by atoms with Gasteiger partial charge in [0.1, 0.15) is 11.9 Å². The van der Waals surface area contributed by atoms with Gasteiger partial charge in [0.05, 0.1) is 18.4 Å². The molecule has 4 rings (SSSR count). The number of aliphatic hydroxyl groups excluding tert-OH is 2. The largest absolute Gasteiger partial charge is 0.508 e. The van der Waals surface area contributed by atoms with E-state index in [1.54, 1.807) is 12.1 Å². The van der Waals surface area contributed by atoms with Crippen molar-refractivity contribution < 1.29 is 24.9 Å². The highest BCUT2D eigenvalue weighted by Crippen LogP contribution is 2.28. The number of amides is 1. The molecular weight excluding hydrogens is 554 g/mol. The second kappa shape index (κ2) is 18.4. The van der Waals surface area contributed by atoms with E-state index < -0.39 is 6.10 Å². The SMILES string of the molecule is O=C(Nc1ccccc1-c1ccccc1)OC1CCN(CCCCCCCCCNC[C@@H](O)c2ccc(O)c(CO)c2)CC1. The first kappa shape index (κ1) is 33.5. The molecule has 0 unspecified atom stereocenters. The summed E-state index contributed by atoms with van der Waals surface area (Å²) >= 11 is 0. The number of likely N-dealkylation sites (tertiary alicyclic amines) is 1. The smallest absolute Gasteiger partial charge is 0.411 e. The van der Waals surface area contributed by atoms with Crippen LogP contribution < -0.4 is 10.6 Å². The summed E-state index contributed by atoms with van der Waals surface area (Å²) in [4.78, 5) is 15.1. The molecule has 238 valence electrons. The summed E-state index contributed by atoms with van der Waals surface area (Å²) < 4.78 is 5.77. The van der Waals surface area contributed by atoms with Gasteiger partial charge in [0, 0.05) is 30.8 Å². The van der Waals surface area contributed by atoms with Gasteiger partial charge in [-0.2, -0.15) is 0 Å². The normalized spacial score (nSPS) is 14.8. The lowest BCUT2D eigenvalue weighted by Gasteiger charge is -2.31. The minimum atomic E-state index is -0.660. The van der Waals surface area contributed by atoms with E-state index in [4.69, 9.17) is 4.74 Å². The number of carbonyl (C=O) groups is 1. The van der Waals surface area contributed by atoms with Crippen LogP contribution in [0.5, 0.6) is 5.75 Å². The number of ether oxygens (including phenoxy) is 1. The molecule has 1 aliphatic rings. The number of nitrogens with zero attached hydrogens (tertiary/aromatic N) is 1. The summed E-state index contributed by atoms with van der Waals surface area (Å²) in [6.07, 6.45) is 9.09. The maximum absolute atomic E-state index is 12.7. The summed E-state index contributed by atoms with van der Waals surface area (Å²) in [5.74, 6) is 0.0480. The maximum Gasteiger partial charge on any atom is 0.411 e. The molecule has 1 saturated heterocycles. The molecule has 1 aliphatic heterocycles. The van der Waals surface area contributed by atoms with Crippen molar-refractivity contribution in [2.24, 2.45) is 0 Å². The number of hydrogen-bond acceptors (Lipinski definition) is 7. The van der Waals surface area contributed by atoms with E-state index >= 15 is 0 Å². The molecule has 0 saturated carbocycles. The topological polar surface area (TPSA) is 114 Å². The maximum atomic E-state index is 12.7. The summed E-state index contributed by atoms with van der Waals surface area (Å²) in [5.41, 5.74) is 3.93. The Kier molecular flexibility index (Phi) is 14.0. The van der Waals surface area contributed by atoms with Crippen molar-refractivity contribution in [2.45, 2.75) is 76.6 Å². The molecule has 5 N–H and O–H groups in total. The summed E-state index contributed by atoms with van der Waals surface area (Å²) in [6.45, 7) is 4.11. The molecule has 1 amide bonds. The summed E-state index contributed by atoms with van der Waals surface area (Å²) in [7, 11) is 0. The molecule has 1 atom stereocenters. The highest BCUT2D eigenvalue weighted by Gasteiger charge is 2.22. The minimum Gasteiger partial charge on any atom is -0.508 e. The Balaban J connectivity index is 0.987. The highest BCUT2D eigenvalue weighted by molar-refractivity contribution is 5.91. The van der Waals surface area contributed by atoms with Gasteiger partial charge in [-0.15, -0.1) is 0 Å². The van der Waals surface area contributed by atoms with Gasteiger partial charge in [0.2, 0.25) is 0 Å². The van der Waals surface area contributed by atoms with Gasteiger partial charge in [-0.05, 0) is 68.1 Å². The van der Waals surface area contributed by atoms with Gasteiger partial charge in [-0.3, -0.25) is 5.32 Å². The second-order valence-corrected chi connectivity index (χ2v) is 11.7. The van der Waals surface area contributed by atoms with Gasteiger partial charge >= 0.3 is 6.09 Å². The predicted molar refractivity (Wildman–Crippen MR) is 176 cm³/mol. The minimum absolute atomic E-state index is 0.0418. The number of aliphatic hydroxyl groups is 2. The summed E-state index contributed by atoms with van der Waals surface area (Å²) in [6, 6.07) is 22.7. The van der Waals surface area contributed by atoms with Crippen LogP contribution in [0, 0.1) is 0 Å². The first-order chi connectivity index (χ1) is 21.5. The van der Waals surface area contributed by atoms with Crippen LogP contribution in [0.3, 0.4) is 0 Å². The Morgan fingerprint density at radius 2 is 1.57 bits per heavy atom. The first-order valence-corrected chi connectivity index (χ1v) is 16.2. The molecule has 0 spiro atoms. The van der Waals surface area contributed by atoms with Crippen molar-refractivity contribution >= 4 is 11.8 Å². The zero-order valence-electron chi connectivity index (χ0n) is 25.8. The highest BCUT2D eigenvalue weighted by atomic mass is 16.6. The average molecular weight is 604 g/mol. The zero-order valence-corrected chi connectivity index (χ0v) is 25.8. The molecule has 0 aliphatic carbocycles. The third-order valence-corrected chi connectivity index (χ3v) is 8.38. The van der Waals surface area contributed by atoms with Crippen LogP contribution in [0.25, 0.3) is 11.1 Å². The van der Waals surface area contributed by atoms with E-state index in [1.165, 1.54) is 44.6 Å². The van der Waals surface area contributed by atoms with Crippen LogP contribution in [0.4, 0.5) is 10.5 Å². The van der Waals surface area contributed by atoms with Gasteiger partial charge in [-0.25, -0.2) is 4.79 Å². The van der Waals surface area contributed by atoms with Crippen molar-refractivity contribution in [3.05, 3.63) is 83.9 Å². The fourth-order valence-electron chi connectivity index (χ4n) is 5.77. The van der Waals surface area contributed by atoms with Gasteiger partial charge < -0.3 is 30.3 Å². The third kappa shape index (κ3) is 10.9. The summed E-state index contributed by atoms with van der Waals surface area (Å²) in [5, 5.41) is 35.5. The molecule has 3 aromatic rings. The number of aromatic hydroxyl groups is 1. The Bertz CT molecular complexity index is 1260. The fraction of sp³-hybridized carbons (Fsp3) is 0.472. The lowest BCUT2D eigenvalue weighted by molar-refractivity contribution is 0.0584. The molecule has 8 nitrogen and oxygen atoms in total. The van der Waals surface area contributed by atoms with Crippen LogP contribution in [0.1, 0.15) is 75.0 Å². The Morgan fingerprint density at radius 1 is 0.886 bits per heavy atom. The van der Waals surface area contributed by atoms with Crippen molar-refractivity contribution in [1.82, 2.24) is 10.2 Å².